The lowest BCUT2D eigenvalue weighted by Gasteiger charge is -2.16. The normalized spacial score (nSPS) is 14.6. The van der Waals surface area contributed by atoms with E-state index < -0.39 is 5.60 Å². The number of aliphatic hydroxyl groups is 1. The number of nitrogen functional groups attached to an aromatic ring is 1. The molecule has 0 radical (unpaired) electrons. The van der Waals surface area contributed by atoms with E-state index in [2.05, 4.69) is 34.2 Å². The van der Waals surface area contributed by atoms with Gasteiger partial charge in [0.05, 0.1) is 23.6 Å². The van der Waals surface area contributed by atoms with Gasteiger partial charge in [0.25, 0.3) is 0 Å². The number of rotatable bonds is 5. The number of nitrogens with two attached hydrogens (primary N) is 1. The summed E-state index contributed by atoms with van der Waals surface area (Å²) in [7, 11) is 0. The molecule has 0 saturated heterocycles. The lowest BCUT2D eigenvalue weighted by molar-refractivity contribution is 0.0590. The summed E-state index contributed by atoms with van der Waals surface area (Å²) in [5.74, 6) is 1.10. The van der Waals surface area contributed by atoms with Gasteiger partial charge in [-0.2, -0.15) is 10.1 Å². The molecule has 0 unspecified atom stereocenters. The van der Waals surface area contributed by atoms with E-state index in [1.807, 2.05) is 12.1 Å². The van der Waals surface area contributed by atoms with Crippen LogP contribution in [0.5, 0.6) is 5.75 Å². The number of nitrogens with zero attached hydrogens (tertiary/aromatic N) is 4. The van der Waals surface area contributed by atoms with Crippen molar-refractivity contribution in [2.45, 2.75) is 44.9 Å². The van der Waals surface area contributed by atoms with Crippen LogP contribution in [0.1, 0.15) is 26.7 Å². The molecule has 0 spiro atoms. The van der Waals surface area contributed by atoms with E-state index in [1.165, 1.54) is 0 Å². The van der Waals surface area contributed by atoms with Crippen LogP contribution in [-0.2, 0) is 6.54 Å². The molecule has 0 bridgehead atoms. The zero-order valence-electron chi connectivity index (χ0n) is 16.5. The van der Waals surface area contributed by atoms with Crippen molar-refractivity contribution in [1.29, 1.82) is 0 Å². The molecule has 2 aromatic carbocycles. The maximum Gasteiger partial charge on any atom is 0.222 e. The summed E-state index contributed by atoms with van der Waals surface area (Å²) in [6.07, 6.45) is 4.36. The highest BCUT2D eigenvalue weighted by atomic mass is 16.5. The van der Waals surface area contributed by atoms with E-state index in [0.717, 1.165) is 46.0 Å². The summed E-state index contributed by atoms with van der Waals surface area (Å²) in [6, 6.07) is 12.4. The van der Waals surface area contributed by atoms with E-state index in [0.29, 0.717) is 18.3 Å². The molecule has 2 aromatic heterocycles. The Kier molecular flexibility index (Phi) is 3.96. The molecule has 148 valence electrons. The van der Waals surface area contributed by atoms with Crippen LogP contribution >= 0.6 is 0 Å². The second-order valence-corrected chi connectivity index (χ2v) is 8.33. The van der Waals surface area contributed by atoms with Gasteiger partial charge < -0.3 is 15.6 Å². The zero-order valence-corrected chi connectivity index (χ0v) is 16.5. The summed E-state index contributed by atoms with van der Waals surface area (Å²) in [6.45, 7) is 3.78. The minimum Gasteiger partial charge on any atom is -0.490 e. The maximum atomic E-state index is 10.3. The van der Waals surface area contributed by atoms with Crippen molar-refractivity contribution in [3.05, 3.63) is 42.6 Å². The van der Waals surface area contributed by atoms with Gasteiger partial charge in [0, 0.05) is 11.8 Å². The third-order valence-corrected chi connectivity index (χ3v) is 4.96. The largest absolute Gasteiger partial charge is 0.490 e. The van der Waals surface area contributed by atoms with Crippen LogP contribution in [0.2, 0.25) is 0 Å². The fourth-order valence-electron chi connectivity index (χ4n) is 3.48. The Labute approximate surface area is 168 Å². The molecule has 29 heavy (non-hydrogen) atoms. The number of anilines is 1. The maximum absolute atomic E-state index is 10.3. The van der Waals surface area contributed by atoms with Gasteiger partial charge in [-0.05, 0) is 55.7 Å². The van der Waals surface area contributed by atoms with Gasteiger partial charge in [0.2, 0.25) is 5.95 Å². The summed E-state index contributed by atoms with van der Waals surface area (Å²) >= 11 is 0. The van der Waals surface area contributed by atoms with Crippen molar-refractivity contribution in [3.8, 4) is 17.0 Å². The summed E-state index contributed by atoms with van der Waals surface area (Å²) in [5, 5.41) is 18.0. The van der Waals surface area contributed by atoms with Gasteiger partial charge in [-0.15, -0.1) is 0 Å². The predicted molar refractivity (Wildman–Crippen MR) is 113 cm³/mol. The lowest BCUT2D eigenvalue weighted by atomic mass is 10.0. The van der Waals surface area contributed by atoms with E-state index in [9.17, 15) is 5.11 Å². The van der Waals surface area contributed by atoms with Gasteiger partial charge in [0.15, 0.2) is 5.65 Å². The monoisotopic (exact) mass is 389 g/mol. The van der Waals surface area contributed by atoms with Gasteiger partial charge in [-0.3, -0.25) is 0 Å². The first-order valence-electron chi connectivity index (χ1n) is 9.78. The molecule has 1 aliphatic rings. The zero-order chi connectivity index (χ0) is 20.2. The third-order valence-electron chi connectivity index (χ3n) is 4.96. The Morgan fingerprint density at radius 2 is 1.93 bits per heavy atom. The minimum absolute atomic E-state index is 0.183. The van der Waals surface area contributed by atoms with Crippen LogP contribution in [0.25, 0.3) is 33.1 Å². The van der Waals surface area contributed by atoms with E-state index in [4.69, 9.17) is 15.6 Å². The predicted octanol–water partition coefficient (Wildman–Crippen LogP) is 3.54. The Hall–Kier alpha value is -3.19. The quantitative estimate of drug-likeness (QED) is 0.542. The Morgan fingerprint density at radius 1 is 1.17 bits per heavy atom. The number of hydrogen-bond acceptors (Lipinski definition) is 6. The first-order chi connectivity index (χ1) is 13.9. The second kappa shape index (κ2) is 6.42. The number of benzene rings is 2. The van der Waals surface area contributed by atoms with Crippen LogP contribution in [-0.4, -0.2) is 36.6 Å². The molecule has 7 heteroatoms. The van der Waals surface area contributed by atoms with Crippen molar-refractivity contribution in [2.24, 2.45) is 0 Å². The molecule has 1 aliphatic carbocycles. The van der Waals surface area contributed by atoms with Crippen molar-refractivity contribution in [3.63, 3.8) is 0 Å². The fourth-order valence-corrected chi connectivity index (χ4v) is 3.48. The summed E-state index contributed by atoms with van der Waals surface area (Å²) in [5.41, 5.74) is 7.20. The fraction of sp³-hybridized carbons (Fsp3) is 0.318. The van der Waals surface area contributed by atoms with Gasteiger partial charge in [-0.1, -0.05) is 18.2 Å². The number of fused-ring (bicyclic) bond motifs is 2. The van der Waals surface area contributed by atoms with E-state index >= 15 is 0 Å². The minimum atomic E-state index is -0.933. The van der Waals surface area contributed by atoms with Gasteiger partial charge >= 0.3 is 0 Å². The number of ether oxygens (including phenoxy) is 1. The average Bonchev–Trinajstić information content (AvgIpc) is 3.42. The van der Waals surface area contributed by atoms with E-state index in [1.54, 1.807) is 24.7 Å². The van der Waals surface area contributed by atoms with Crippen molar-refractivity contribution in [1.82, 2.24) is 19.7 Å². The summed E-state index contributed by atoms with van der Waals surface area (Å²) < 4.78 is 7.59. The molecule has 7 nitrogen and oxygen atoms in total. The third kappa shape index (κ3) is 3.61. The Balaban J connectivity index is 1.59. The molecule has 2 heterocycles. The second-order valence-electron chi connectivity index (χ2n) is 8.33. The SMILES string of the molecule is CC(C)(O)Cn1nc(-c2ccc3cc(OC4CC4)ccc3c2)c2cnc(N)nc21. The molecule has 4 aromatic rings. The molecule has 3 N–H and O–H groups in total. The molecule has 1 saturated carbocycles. The number of hydrogen-bond donors (Lipinski definition) is 2. The Bertz CT molecular complexity index is 1220. The van der Waals surface area contributed by atoms with Crippen LogP contribution in [0, 0.1) is 0 Å². The molecule has 0 atom stereocenters. The highest BCUT2D eigenvalue weighted by Gasteiger charge is 2.23. The highest BCUT2D eigenvalue weighted by Crippen LogP contribution is 2.33. The van der Waals surface area contributed by atoms with Crippen molar-refractivity contribution < 1.29 is 9.84 Å². The Morgan fingerprint density at radius 3 is 2.69 bits per heavy atom. The van der Waals surface area contributed by atoms with Crippen LogP contribution in [0.15, 0.2) is 42.6 Å². The van der Waals surface area contributed by atoms with Gasteiger partial charge in [-0.25, -0.2) is 9.67 Å². The molecule has 5 rings (SSSR count). The van der Waals surface area contributed by atoms with Crippen LogP contribution in [0.3, 0.4) is 0 Å². The topological polar surface area (TPSA) is 99.1 Å². The lowest BCUT2D eigenvalue weighted by Crippen LogP contribution is -2.26. The molecule has 0 amide bonds. The van der Waals surface area contributed by atoms with Gasteiger partial charge in [0.1, 0.15) is 11.4 Å². The van der Waals surface area contributed by atoms with Crippen molar-refractivity contribution >= 4 is 27.8 Å². The molecular formula is C22H23N5O2. The van der Waals surface area contributed by atoms with Crippen LogP contribution in [0.4, 0.5) is 5.95 Å². The van der Waals surface area contributed by atoms with Crippen molar-refractivity contribution in [2.75, 3.05) is 5.73 Å². The standard InChI is InChI=1S/C22H23N5O2/c1-22(2,28)12-27-20-18(11-24-21(23)25-20)19(26-27)15-4-3-14-10-17(29-16-7-8-16)6-5-13(14)9-15/h3-6,9-11,16,28H,7-8,12H2,1-2H3,(H2,23,24,25). The molecule has 1 fully saturated rings. The van der Waals surface area contributed by atoms with Crippen LogP contribution < -0.4 is 10.5 Å². The number of aromatic nitrogens is 4. The van der Waals surface area contributed by atoms with E-state index in [-0.39, 0.29) is 5.95 Å². The summed E-state index contributed by atoms with van der Waals surface area (Å²) in [4.78, 5) is 8.50. The average molecular weight is 389 g/mol. The molecular weight excluding hydrogens is 366 g/mol. The highest BCUT2D eigenvalue weighted by molar-refractivity contribution is 5.95. The molecule has 0 aliphatic heterocycles. The first kappa shape index (κ1) is 17.9. The first-order valence-corrected chi connectivity index (χ1v) is 9.78. The smallest absolute Gasteiger partial charge is 0.222 e.